The molecule has 2 aromatic rings. The Morgan fingerprint density at radius 3 is 2.65 bits per heavy atom. The molecule has 1 amide bonds. The molecule has 0 aliphatic rings. The van der Waals surface area contributed by atoms with Gasteiger partial charge in [-0.15, -0.1) is 0 Å². The molecule has 0 saturated heterocycles. The van der Waals surface area contributed by atoms with Crippen LogP contribution in [0, 0.1) is 6.92 Å². The van der Waals surface area contributed by atoms with Crippen molar-refractivity contribution in [2.24, 2.45) is 0 Å². The molecule has 0 spiro atoms. The van der Waals surface area contributed by atoms with Crippen LogP contribution in [0.1, 0.15) is 17.5 Å². The van der Waals surface area contributed by atoms with Crippen molar-refractivity contribution in [3.8, 4) is 0 Å². The van der Waals surface area contributed by atoms with Crippen LogP contribution in [-0.4, -0.2) is 5.91 Å². The number of hydrogen-bond acceptors (Lipinski definition) is 1. The van der Waals surface area contributed by atoms with Crippen molar-refractivity contribution in [2.75, 3.05) is 5.32 Å². The molecule has 1 N–H and O–H groups in total. The maximum absolute atomic E-state index is 12.0. The Hall–Kier alpha value is -1.32. The van der Waals surface area contributed by atoms with Crippen LogP contribution in [0.3, 0.4) is 0 Å². The van der Waals surface area contributed by atoms with Crippen LogP contribution < -0.4 is 5.32 Å². The van der Waals surface area contributed by atoms with Crippen LogP contribution in [0.2, 0.25) is 5.02 Å². The van der Waals surface area contributed by atoms with E-state index in [-0.39, 0.29) is 5.91 Å². The first-order chi connectivity index (χ1) is 9.56. The van der Waals surface area contributed by atoms with Crippen LogP contribution in [0.25, 0.3) is 0 Å². The molecule has 2 aromatic carbocycles. The van der Waals surface area contributed by atoms with Crippen molar-refractivity contribution in [1.29, 1.82) is 0 Å². The molecule has 0 aliphatic heterocycles. The van der Waals surface area contributed by atoms with Gasteiger partial charge in [-0.05, 0) is 52.5 Å². The molecule has 0 aromatic heterocycles. The van der Waals surface area contributed by atoms with Gasteiger partial charge >= 0.3 is 0 Å². The Morgan fingerprint density at radius 1 is 1.25 bits per heavy atom. The van der Waals surface area contributed by atoms with E-state index in [0.29, 0.717) is 17.1 Å². The molecule has 2 rings (SSSR count). The zero-order valence-corrected chi connectivity index (χ0v) is 13.5. The summed E-state index contributed by atoms with van der Waals surface area (Å²) in [5.74, 6) is -0.0190. The fourth-order valence-electron chi connectivity index (χ4n) is 1.86. The largest absolute Gasteiger partial charge is 0.325 e. The lowest BCUT2D eigenvalue weighted by molar-refractivity contribution is -0.116. The van der Waals surface area contributed by atoms with Crippen LogP contribution in [0.15, 0.2) is 46.9 Å². The molecule has 0 saturated carbocycles. The smallest absolute Gasteiger partial charge is 0.224 e. The van der Waals surface area contributed by atoms with Gasteiger partial charge in [0.25, 0.3) is 0 Å². The van der Waals surface area contributed by atoms with Gasteiger partial charge in [-0.1, -0.05) is 41.9 Å². The van der Waals surface area contributed by atoms with Gasteiger partial charge in [0.15, 0.2) is 0 Å². The molecule has 20 heavy (non-hydrogen) atoms. The third-order valence-corrected chi connectivity index (χ3v) is 4.07. The Labute approximate surface area is 132 Å². The highest BCUT2D eigenvalue weighted by Gasteiger charge is 2.08. The predicted molar refractivity (Wildman–Crippen MR) is 87.3 cm³/mol. The highest BCUT2D eigenvalue weighted by molar-refractivity contribution is 9.10. The van der Waals surface area contributed by atoms with E-state index in [1.165, 1.54) is 0 Å². The number of anilines is 1. The standard InChI is InChI=1S/C16H15BrClNO/c1-11-9-13(17)15(10-14(11)18)19-16(20)8-7-12-5-3-2-4-6-12/h2-6,9-10H,7-8H2,1H3,(H,19,20). The summed E-state index contributed by atoms with van der Waals surface area (Å²) < 4.78 is 0.840. The molecule has 0 unspecified atom stereocenters. The lowest BCUT2D eigenvalue weighted by Crippen LogP contribution is -2.12. The van der Waals surface area contributed by atoms with E-state index in [2.05, 4.69) is 21.2 Å². The van der Waals surface area contributed by atoms with Gasteiger partial charge in [0.2, 0.25) is 5.91 Å². The Kier molecular flexibility index (Phi) is 5.21. The molecule has 104 valence electrons. The van der Waals surface area contributed by atoms with Crippen molar-refractivity contribution in [2.45, 2.75) is 19.8 Å². The van der Waals surface area contributed by atoms with Gasteiger partial charge in [-0.2, -0.15) is 0 Å². The molecule has 0 radical (unpaired) electrons. The number of benzene rings is 2. The number of carbonyl (C=O) groups is 1. The molecule has 0 bridgehead atoms. The molecule has 0 heterocycles. The van der Waals surface area contributed by atoms with Gasteiger partial charge in [0, 0.05) is 15.9 Å². The Bertz CT molecular complexity index is 613. The van der Waals surface area contributed by atoms with Crippen molar-refractivity contribution in [3.63, 3.8) is 0 Å². The number of halogens is 2. The number of amides is 1. The first-order valence-corrected chi connectivity index (χ1v) is 7.53. The summed E-state index contributed by atoms with van der Waals surface area (Å²) in [5, 5.41) is 3.52. The van der Waals surface area contributed by atoms with Crippen molar-refractivity contribution >= 4 is 39.1 Å². The van der Waals surface area contributed by atoms with E-state index in [4.69, 9.17) is 11.6 Å². The van der Waals surface area contributed by atoms with E-state index in [9.17, 15) is 4.79 Å². The van der Waals surface area contributed by atoms with Gasteiger partial charge < -0.3 is 5.32 Å². The maximum Gasteiger partial charge on any atom is 0.224 e. The van der Waals surface area contributed by atoms with E-state index in [1.807, 2.05) is 43.3 Å². The Balaban J connectivity index is 1.97. The quantitative estimate of drug-likeness (QED) is 0.826. The first kappa shape index (κ1) is 15.1. The summed E-state index contributed by atoms with van der Waals surface area (Å²) in [7, 11) is 0. The summed E-state index contributed by atoms with van der Waals surface area (Å²) in [4.78, 5) is 12.0. The second-order valence-electron chi connectivity index (χ2n) is 4.62. The van der Waals surface area contributed by atoms with Crippen LogP contribution >= 0.6 is 27.5 Å². The van der Waals surface area contributed by atoms with E-state index in [1.54, 1.807) is 6.07 Å². The summed E-state index contributed by atoms with van der Waals surface area (Å²) in [5.41, 5.74) is 2.84. The SMILES string of the molecule is Cc1cc(Br)c(NC(=O)CCc2ccccc2)cc1Cl. The molecule has 0 atom stereocenters. The highest BCUT2D eigenvalue weighted by atomic mass is 79.9. The Morgan fingerprint density at radius 2 is 1.95 bits per heavy atom. The van der Waals surface area contributed by atoms with Gasteiger partial charge in [-0.25, -0.2) is 0 Å². The van der Waals surface area contributed by atoms with Crippen LogP contribution in [-0.2, 0) is 11.2 Å². The lowest BCUT2D eigenvalue weighted by Gasteiger charge is -2.09. The average molecular weight is 353 g/mol. The van der Waals surface area contributed by atoms with Gasteiger partial charge in [0.1, 0.15) is 0 Å². The number of hydrogen-bond donors (Lipinski definition) is 1. The second-order valence-corrected chi connectivity index (χ2v) is 5.88. The van der Waals surface area contributed by atoms with E-state index in [0.717, 1.165) is 22.0 Å². The fourth-order valence-corrected chi connectivity index (χ4v) is 2.58. The monoisotopic (exact) mass is 351 g/mol. The van der Waals surface area contributed by atoms with Crippen molar-refractivity contribution in [1.82, 2.24) is 0 Å². The highest BCUT2D eigenvalue weighted by Crippen LogP contribution is 2.29. The van der Waals surface area contributed by atoms with Gasteiger partial charge in [-0.3, -0.25) is 4.79 Å². The number of carbonyl (C=O) groups excluding carboxylic acids is 1. The van der Waals surface area contributed by atoms with Crippen molar-refractivity contribution < 1.29 is 4.79 Å². The minimum Gasteiger partial charge on any atom is -0.325 e. The summed E-state index contributed by atoms with van der Waals surface area (Å²) in [6, 6.07) is 13.6. The predicted octanol–water partition coefficient (Wildman–Crippen LogP) is 4.98. The average Bonchev–Trinajstić information content (AvgIpc) is 2.44. The molecular formula is C16H15BrClNO. The number of nitrogens with one attached hydrogen (secondary N) is 1. The third-order valence-electron chi connectivity index (χ3n) is 3.01. The van der Waals surface area contributed by atoms with E-state index < -0.39 is 0 Å². The number of aryl methyl sites for hydroxylation is 2. The first-order valence-electron chi connectivity index (χ1n) is 6.35. The normalized spacial score (nSPS) is 10.3. The lowest BCUT2D eigenvalue weighted by atomic mass is 10.1. The van der Waals surface area contributed by atoms with Crippen LogP contribution in [0.5, 0.6) is 0 Å². The zero-order valence-electron chi connectivity index (χ0n) is 11.1. The molecule has 0 aliphatic carbocycles. The zero-order chi connectivity index (χ0) is 14.5. The van der Waals surface area contributed by atoms with Crippen LogP contribution in [0.4, 0.5) is 5.69 Å². The molecular weight excluding hydrogens is 338 g/mol. The number of rotatable bonds is 4. The van der Waals surface area contributed by atoms with Crippen molar-refractivity contribution in [3.05, 3.63) is 63.1 Å². The third kappa shape index (κ3) is 4.09. The van der Waals surface area contributed by atoms with Gasteiger partial charge in [0.05, 0.1) is 5.69 Å². The summed E-state index contributed by atoms with van der Waals surface area (Å²) in [6.45, 7) is 1.92. The maximum atomic E-state index is 12.0. The molecule has 4 heteroatoms. The fraction of sp³-hybridized carbons (Fsp3) is 0.188. The summed E-state index contributed by atoms with van der Waals surface area (Å²) in [6.07, 6.45) is 1.17. The molecule has 2 nitrogen and oxygen atoms in total. The minimum absolute atomic E-state index is 0.0190. The van der Waals surface area contributed by atoms with E-state index >= 15 is 0 Å². The summed E-state index contributed by atoms with van der Waals surface area (Å²) >= 11 is 9.50. The minimum atomic E-state index is -0.0190. The topological polar surface area (TPSA) is 29.1 Å². The molecule has 0 fully saturated rings. The second kappa shape index (κ2) is 6.91.